The molecule has 0 bridgehead atoms. The van der Waals surface area contributed by atoms with E-state index in [0.29, 0.717) is 12.3 Å². The fourth-order valence-corrected chi connectivity index (χ4v) is 1.46. The molecule has 0 aliphatic heterocycles. The van der Waals surface area contributed by atoms with Crippen LogP contribution in [0.1, 0.15) is 5.56 Å². The van der Waals surface area contributed by atoms with Gasteiger partial charge in [0.25, 0.3) is 0 Å². The Hall–Kier alpha value is -1.98. The molecule has 0 amide bonds. The molecule has 0 spiro atoms. The first-order valence-corrected chi connectivity index (χ1v) is 4.86. The summed E-state index contributed by atoms with van der Waals surface area (Å²) in [5.41, 5.74) is -1.46. The van der Waals surface area contributed by atoms with Gasteiger partial charge in [-0.3, -0.25) is 0 Å². The smallest absolute Gasteiger partial charge is 0.227 e. The lowest BCUT2D eigenvalue weighted by Gasteiger charge is -2.09. The van der Waals surface area contributed by atoms with E-state index in [9.17, 15) is 22.0 Å². The molecule has 1 aromatic carbocycles. The van der Waals surface area contributed by atoms with Crippen LogP contribution < -0.4 is 0 Å². The molecular weight excluding hydrogens is 253 g/mol. The number of alkyl halides is 3. The SMILES string of the molecule is Fc1cccc(-c2cc(C(F)(F)F)cnc2F)c1. The van der Waals surface area contributed by atoms with Gasteiger partial charge in [0.1, 0.15) is 5.82 Å². The van der Waals surface area contributed by atoms with Crippen LogP contribution in [0.15, 0.2) is 36.5 Å². The molecule has 18 heavy (non-hydrogen) atoms. The summed E-state index contributed by atoms with van der Waals surface area (Å²) in [6.07, 6.45) is -4.22. The molecule has 2 rings (SSSR count). The van der Waals surface area contributed by atoms with Gasteiger partial charge < -0.3 is 0 Å². The highest BCUT2D eigenvalue weighted by Crippen LogP contribution is 2.32. The maximum absolute atomic E-state index is 13.4. The van der Waals surface area contributed by atoms with Gasteiger partial charge in [-0.15, -0.1) is 0 Å². The van der Waals surface area contributed by atoms with Gasteiger partial charge in [-0.1, -0.05) is 12.1 Å². The predicted molar refractivity (Wildman–Crippen MR) is 54.6 cm³/mol. The highest BCUT2D eigenvalue weighted by atomic mass is 19.4. The third-order valence-corrected chi connectivity index (χ3v) is 2.30. The van der Waals surface area contributed by atoms with Gasteiger partial charge in [-0.2, -0.15) is 17.6 Å². The first kappa shape index (κ1) is 12.5. The highest BCUT2D eigenvalue weighted by Gasteiger charge is 2.31. The van der Waals surface area contributed by atoms with Crippen LogP contribution in [0.5, 0.6) is 0 Å². The number of pyridine rings is 1. The van der Waals surface area contributed by atoms with Crippen molar-refractivity contribution in [2.24, 2.45) is 0 Å². The first-order valence-electron chi connectivity index (χ1n) is 4.86. The molecule has 0 aliphatic carbocycles. The molecule has 1 aromatic heterocycles. The minimum absolute atomic E-state index is 0.00565. The predicted octanol–water partition coefficient (Wildman–Crippen LogP) is 4.05. The Morgan fingerprint density at radius 2 is 1.72 bits per heavy atom. The van der Waals surface area contributed by atoms with Crippen LogP contribution >= 0.6 is 0 Å². The number of hydrogen-bond donors (Lipinski definition) is 0. The van der Waals surface area contributed by atoms with Crippen LogP contribution in [-0.4, -0.2) is 4.98 Å². The molecule has 0 N–H and O–H groups in total. The molecule has 0 saturated heterocycles. The molecular formula is C12H6F5N. The number of nitrogens with zero attached hydrogens (tertiary/aromatic N) is 1. The Kier molecular flexibility index (Phi) is 3.02. The Bertz CT molecular complexity index is 577. The summed E-state index contributed by atoms with van der Waals surface area (Å²) < 4.78 is 63.7. The average Bonchev–Trinajstić information content (AvgIpc) is 2.28. The van der Waals surface area contributed by atoms with E-state index in [1.54, 1.807) is 0 Å². The number of benzene rings is 1. The summed E-state index contributed by atoms with van der Waals surface area (Å²) >= 11 is 0. The van der Waals surface area contributed by atoms with Gasteiger partial charge in [-0.05, 0) is 23.8 Å². The second-order valence-corrected chi connectivity index (χ2v) is 3.57. The van der Waals surface area contributed by atoms with Crippen molar-refractivity contribution in [1.82, 2.24) is 4.98 Å². The second kappa shape index (κ2) is 4.36. The summed E-state index contributed by atoms with van der Waals surface area (Å²) in [7, 11) is 0. The molecule has 94 valence electrons. The summed E-state index contributed by atoms with van der Waals surface area (Å²) in [5.74, 6) is -1.74. The van der Waals surface area contributed by atoms with Gasteiger partial charge >= 0.3 is 6.18 Å². The minimum Gasteiger partial charge on any atom is -0.227 e. The van der Waals surface area contributed by atoms with E-state index in [2.05, 4.69) is 4.98 Å². The number of hydrogen-bond acceptors (Lipinski definition) is 1. The zero-order valence-electron chi connectivity index (χ0n) is 8.80. The average molecular weight is 259 g/mol. The van der Waals surface area contributed by atoms with E-state index in [4.69, 9.17) is 0 Å². The van der Waals surface area contributed by atoms with Crippen molar-refractivity contribution in [1.29, 1.82) is 0 Å². The summed E-state index contributed by atoms with van der Waals surface area (Å²) in [5, 5.41) is 0. The summed E-state index contributed by atoms with van der Waals surface area (Å²) in [6, 6.07) is 5.26. The molecule has 0 atom stereocenters. The quantitative estimate of drug-likeness (QED) is 0.556. The first-order chi connectivity index (χ1) is 8.38. The van der Waals surface area contributed by atoms with Crippen LogP contribution in [0, 0.1) is 11.8 Å². The molecule has 0 unspecified atom stereocenters. The van der Waals surface area contributed by atoms with E-state index in [1.165, 1.54) is 12.1 Å². The molecule has 1 heterocycles. The molecule has 1 nitrogen and oxygen atoms in total. The largest absolute Gasteiger partial charge is 0.417 e. The molecule has 6 heteroatoms. The van der Waals surface area contributed by atoms with E-state index in [0.717, 1.165) is 12.1 Å². The maximum Gasteiger partial charge on any atom is 0.417 e. The van der Waals surface area contributed by atoms with Gasteiger partial charge in [0.2, 0.25) is 5.95 Å². The summed E-state index contributed by atoms with van der Waals surface area (Å²) in [4.78, 5) is 3.04. The van der Waals surface area contributed by atoms with Crippen molar-refractivity contribution in [3.05, 3.63) is 53.9 Å². The summed E-state index contributed by atoms with van der Waals surface area (Å²) in [6.45, 7) is 0. The number of aromatic nitrogens is 1. The van der Waals surface area contributed by atoms with Crippen LogP contribution in [0.25, 0.3) is 11.1 Å². The maximum atomic E-state index is 13.4. The van der Waals surface area contributed by atoms with Gasteiger partial charge in [0.05, 0.1) is 5.56 Å². The second-order valence-electron chi connectivity index (χ2n) is 3.57. The van der Waals surface area contributed by atoms with E-state index < -0.39 is 23.5 Å². The van der Waals surface area contributed by atoms with Gasteiger partial charge in [0.15, 0.2) is 0 Å². The van der Waals surface area contributed by atoms with Crippen molar-refractivity contribution >= 4 is 0 Å². The lowest BCUT2D eigenvalue weighted by molar-refractivity contribution is -0.137. The molecule has 0 aliphatic rings. The monoisotopic (exact) mass is 259 g/mol. The Balaban J connectivity index is 2.57. The zero-order chi connectivity index (χ0) is 13.3. The Morgan fingerprint density at radius 1 is 1.00 bits per heavy atom. The molecule has 0 radical (unpaired) electrons. The third kappa shape index (κ3) is 2.47. The molecule has 0 fully saturated rings. The minimum atomic E-state index is -4.62. The van der Waals surface area contributed by atoms with Crippen LogP contribution in [0.3, 0.4) is 0 Å². The van der Waals surface area contributed by atoms with Crippen LogP contribution in [0.2, 0.25) is 0 Å². The number of rotatable bonds is 1. The standard InChI is InChI=1S/C12H6F5N/c13-9-3-1-2-7(4-9)10-5-8(12(15,16)17)6-18-11(10)14/h1-6H. The Labute approximate surface area is 98.9 Å². The van der Waals surface area contributed by atoms with Crippen LogP contribution in [0.4, 0.5) is 22.0 Å². The zero-order valence-corrected chi connectivity index (χ0v) is 8.80. The molecule has 2 aromatic rings. The van der Waals surface area contributed by atoms with Crippen molar-refractivity contribution in [3.63, 3.8) is 0 Å². The third-order valence-electron chi connectivity index (χ3n) is 2.30. The Morgan fingerprint density at radius 3 is 2.33 bits per heavy atom. The topological polar surface area (TPSA) is 12.9 Å². The van der Waals surface area contributed by atoms with Crippen molar-refractivity contribution in [2.45, 2.75) is 6.18 Å². The normalized spacial score (nSPS) is 11.6. The van der Waals surface area contributed by atoms with E-state index in [1.807, 2.05) is 0 Å². The fraction of sp³-hybridized carbons (Fsp3) is 0.0833. The highest BCUT2D eigenvalue weighted by molar-refractivity contribution is 5.63. The lowest BCUT2D eigenvalue weighted by atomic mass is 10.1. The van der Waals surface area contributed by atoms with Crippen molar-refractivity contribution in [3.8, 4) is 11.1 Å². The van der Waals surface area contributed by atoms with Crippen molar-refractivity contribution < 1.29 is 22.0 Å². The van der Waals surface area contributed by atoms with Crippen molar-refractivity contribution in [2.75, 3.05) is 0 Å². The van der Waals surface area contributed by atoms with E-state index in [-0.39, 0.29) is 11.1 Å². The number of halogens is 5. The van der Waals surface area contributed by atoms with E-state index >= 15 is 0 Å². The lowest BCUT2D eigenvalue weighted by Crippen LogP contribution is -2.06. The molecule has 0 saturated carbocycles. The van der Waals surface area contributed by atoms with Gasteiger partial charge in [-0.25, -0.2) is 9.37 Å². The van der Waals surface area contributed by atoms with Gasteiger partial charge in [0, 0.05) is 11.8 Å². The van der Waals surface area contributed by atoms with Crippen LogP contribution in [-0.2, 0) is 6.18 Å². The fourth-order valence-electron chi connectivity index (χ4n) is 1.46.